The van der Waals surface area contributed by atoms with Gasteiger partial charge in [-0.15, -0.1) is 0 Å². The second-order valence-corrected chi connectivity index (χ2v) is 4.10. The molecule has 0 bridgehead atoms. The van der Waals surface area contributed by atoms with E-state index in [-0.39, 0.29) is 18.1 Å². The quantitative estimate of drug-likeness (QED) is 0.637. The predicted octanol–water partition coefficient (Wildman–Crippen LogP) is 3.77. The third kappa shape index (κ3) is 3.77. The van der Waals surface area contributed by atoms with Crippen LogP contribution in [0.2, 0.25) is 0 Å². The molecule has 0 unspecified atom stereocenters. The molecule has 7 heteroatoms. The van der Waals surface area contributed by atoms with Crippen molar-refractivity contribution in [2.24, 2.45) is 0 Å². The minimum atomic E-state index is -4.61. The summed E-state index contributed by atoms with van der Waals surface area (Å²) >= 11 is 0. The fourth-order valence-corrected chi connectivity index (χ4v) is 1.59. The van der Waals surface area contributed by atoms with Crippen LogP contribution in [-0.4, -0.2) is 11.3 Å². The van der Waals surface area contributed by atoms with Crippen molar-refractivity contribution in [3.8, 4) is 11.6 Å². The highest BCUT2D eigenvalue weighted by Crippen LogP contribution is 2.30. The third-order valence-corrected chi connectivity index (χ3v) is 2.54. The van der Waals surface area contributed by atoms with Gasteiger partial charge in [0.2, 0.25) is 5.88 Å². The van der Waals surface area contributed by atoms with Crippen molar-refractivity contribution in [3.05, 3.63) is 53.5 Å². The van der Waals surface area contributed by atoms with Crippen molar-refractivity contribution >= 4 is 6.29 Å². The summed E-state index contributed by atoms with van der Waals surface area (Å²) in [6.45, 7) is 0. The Kier molecular flexibility index (Phi) is 4.21. The molecule has 1 aromatic heterocycles. The summed E-state index contributed by atoms with van der Waals surface area (Å²) in [5, 5.41) is 0. The summed E-state index contributed by atoms with van der Waals surface area (Å²) in [5.41, 5.74) is -0.690. The van der Waals surface area contributed by atoms with Crippen LogP contribution in [0.4, 0.5) is 17.6 Å². The van der Waals surface area contributed by atoms with Crippen molar-refractivity contribution in [1.29, 1.82) is 0 Å². The average Bonchev–Trinajstić information content (AvgIpc) is 2.42. The predicted molar refractivity (Wildman–Crippen MR) is 65.5 cm³/mol. The summed E-state index contributed by atoms with van der Waals surface area (Å²) in [6.07, 6.45) is -3.95. The Morgan fingerprint density at radius 2 is 1.95 bits per heavy atom. The van der Waals surface area contributed by atoms with Crippen molar-refractivity contribution in [2.75, 3.05) is 0 Å². The average molecular weight is 299 g/mol. The maximum absolute atomic E-state index is 13.7. The molecule has 2 rings (SSSR count). The Morgan fingerprint density at radius 3 is 2.57 bits per heavy atom. The number of hydrogen-bond acceptors (Lipinski definition) is 3. The van der Waals surface area contributed by atoms with Crippen LogP contribution in [0, 0.1) is 5.82 Å². The Hall–Kier alpha value is -2.44. The van der Waals surface area contributed by atoms with E-state index in [1.54, 1.807) is 0 Å². The summed E-state index contributed by atoms with van der Waals surface area (Å²) < 4.78 is 56.2. The Bertz CT molecular complexity index is 656. The fourth-order valence-electron chi connectivity index (χ4n) is 1.59. The number of halogens is 4. The van der Waals surface area contributed by atoms with Crippen molar-refractivity contribution < 1.29 is 27.1 Å². The summed E-state index contributed by atoms with van der Waals surface area (Å²) in [4.78, 5) is 13.6. The van der Waals surface area contributed by atoms with Crippen molar-refractivity contribution in [3.63, 3.8) is 0 Å². The van der Waals surface area contributed by atoms with Gasteiger partial charge in [-0.25, -0.2) is 9.37 Å². The van der Waals surface area contributed by atoms with Crippen molar-refractivity contribution in [2.45, 2.75) is 12.6 Å². The Morgan fingerprint density at radius 1 is 1.19 bits per heavy atom. The van der Waals surface area contributed by atoms with E-state index in [0.717, 1.165) is 18.2 Å². The number of pyridine rings is 1. The van der Waals surface area contributed by atoms with E-state index in [1.807, 2.05) is 0 Å². The monoisotopic (exact) mass is 299 g/mol. The number of ether oxygens (including phenoxy) is 1. The lowest BCUT2D eigenvalue weighted by Crippen LogP contribution is -2.08. The number of carbonyl (C=O) groups is 1. The molecule has 2 aromatic rings. The molecular formula is C14H9F4NO2. The van der Waals surface area contributed by atoms with Gasteiger partial charge >= 0.3 is 6.18 Å². The second-order valence-electron chi connectivity index (χ2n) is 4.10. The van der Waals surface area contributed by atoms with Gasteiger partial charge in [0.25, 0.3) is 0 Å². The van der Waals surface area contributed by atoms with Crippen molar-refractivity contribution in [1.82, 2.24) is 4.98 Å². The second kappa shape index (κ2) is 5.90. The molecule has 0 aliphatic heterocycles. The van der Waals surface area contributed by atoms with Gasteiger partial charge in [0.15, 0.2) is 11.6 Å². The van der Waals surface area contributed by atoms with Gasteiger partial charge in [-0.3, -0.25) is 0 Å². The molecule has 0 radical (unpaired) electrons. The number of benzene rings is 1. The Balaban J connectivity index is 2.24. The number of rotatable bonds is 4. The van der Waals surface area contributed by atoms with Crippen LogP contribution in [0.25, 0.3) is 0 Å². The number of carbonyl (C=O) groups excluding carboxylic acids is 1. The zero-order valence-electron chi connectivity index (χ0n) is 10.5. The van der Waals surface area contributed by atoms with Gasteiger partial charge in [0, 0.05) is 12.5 Å². The number of nitrogens with zero attached hydrogens (tertiary/aromatic N) is 1. The third-order valence-electron chi connectivity index (χ3n) is 2.54. The molecular weight excluding hydrogens is 290 g/mol. The van der Waals surface area contributed by atoms with E-state index >= 15 is 0 Å². The van der Waals surface area contributed by atoms with Crippen LogP contribution < -0.4 is 4.74 Å². The SMILES string of the molecule is O=CCc1ccc(Oc2cccc(C(F)(F)F)n2)c(F)c1. The first-order valence-electron chi connectivity index (χ1n) is 5.84. The van der Waals surface area contributed by atoms with Crippen LogP contribution >= 0.6 is 0 Å². The molecule has 0 spiro atoms. The lowest BCUT2D eigenvalue weighted by molar-refractivity contribution is -0.141. The van der Waals surface area contributed by atoms with Gasteiger partial charge < -0.3 is 9.53 Å². The van der Waals surface area contributed by atoms with Gasteiger partial charge in [-0.1, -0.05) is 12.1 Å². The van der Waals surface area contributed by atoms with Crippen LogP contribution in [0.1, 0.15) is 11.3 Å². The molecule has 1 aromatic carbocycles. The summed E-state index contributed by atoms with van der Waals surface area (Å²) in [5.74, 6) is -1.42. The number of alkyl halides is 3. The molecule has 1 heterocycles. The van der Waals surface area contributed by atoms with Gasteiger partial charge in [0.1, 0.15) is 12.0 Å². The molecule has 21 heavy (non-hydrogen) atoms. The van der Waals surface area contributed by atoms with Gasteiger partial charge in [-0.2, -0.15) is 13.2 Å². The normalized spacial score (nSPS) is 11.2. The van der Waals surface area contributed by atoms with E-state index in [2.05, 4.69) is 4.98 Å². The molecule has 0 N–H and O–H groups in total. The molecule has 110 valence electrons. The molecule has 0 saturated heterocycles. The maximum atomic E-state index is 13.7. The number of aldehydes is 1. The van der Waals surface area contributed by atoms with Crippen LogP contribution in [0.3, 0.4) is 0 Å². The largest absolute Gasteiger partial charge is 0.436 e. The first-order valence-corrected chi connectivity index (χ1v) is 5.84. The summed E-state index contributed by atoms with van der Waals surface area (Å²) in [7, 11) is 0. The van der Waals surface area contributed by atoms with E-state index in [4.69, 9.17) is 4.74 Å². The standard InChI is InChI=1S/C14H9F4NO2/c15-10-8-9(6-7-20)4-5-11(10)21-13-3-1-2-12(19-13)14(16,17)18/h1-5,7-8H,6H2. The topological polar surface area (TPSA) is 39.2 Å². The zero-order valence-corrected chi connectivity index (χ0v) is 10.5. The minimum absolute atomic E-state index is 0.0407. The number of hydrogen-bond donors (Lipinski definition) is 0. The molecule has 0 amide bonds. The molecule has 0 saturated carbocycles. The van der Waals surface area contributed by atoms with Crippen LogP contribution in [0.15, 0.2) is 36.4 Å². The zero-order chi connectivity index (χ0) is 15.5. The van der Waals surface area contributed by atoms with Crippen LogP contribution in [0.5, 0.6) is 11.6 Å². The Labute approximate surface area is 117 Å². The van der Waals surface area contributed by atoms with E-state index in [1.165, 1.54) is 18.2 Å². The highest BCUT2D eigenvalue weighted by atomic mass is 19.4. The first-order chi connectivity index (χ1) is 9.90. The molecule has 3 nitrogen and oxygen atoms in total. The van der Waals surface area contributed by atoms with E-state index in [0.29, 0.717) is 11.8 Å². The fraction of sp³-hybridized carbons (Fsp3) is 0.143. The lowest BCUT2D eigenvalue weighted by Gasteiger charge is -2.09. The highest BCUT2D eigenvalue weighted by Gasteiger charge is 2.32. The van der Waals surface area contributed by atoms with Gasteiger partial charge in [-0.05, 0) is 23.8 Å². The molecule has 0 atom stereocenters. The molecule has 0 aliphatic carbocycles. The minimum Gasteiger partial charge on any atom is -0.436 e. The molecule has 0 fully saturated rings. The first kappa shape index (κ1) is 15.0. The maximum Gasteiger partial charge on any atom is 0.433 e. The summed E-state index contributed by atoms with van der Waals surface area (Å²) in [6, 6.07) is 6.85. The van der Waals surface area contributed by atoms with E-state index < -0.39 is 17.7 Å². The highest BCUT2D eigenvalue weighted by molar-refractivity contribution is 5.55. The lowest BCUT2D eigenvalue weighted by atomic mass is 10.1. The van der Waals surface area contributed by atoms with Crippen LogP contribution in [-0.2, 0) is 17.4 Å². The molecule has 0 aliphatic rings. The van der Waals surface area contributed by atoms with E-state index in [9.17, 15) is 22.4 Å². The smallest absolute Gasteiger partial charge is 0.433 e. The van der Waals surface area contributed by atoms with Gasteiger partial charge in [0.05, 0.1) is 0 Å². The number of aromatic nitrogens is 1.